The average Bonchev–Trinajstić information content (AvgIpc) is 2.40. The maximum absolute atomic E-state index is 5.67. The number of hydrogen-bond acceptors (Lipinski definition) is 3. The molecule has 21 heavy (non-hydrogen) atoms. The van der Waals surface area contributed by atoms with Crippen LogP contribution in [0, 0.1) is 5.41 Å². The predicted octanol–water partition coefficient (Wildman–Crippen LogP) is 4.02. The van der Waals surface area contributed by atoms with Crippen LogP contribution in [0.5, 0.6) is 5.75 Å². The minimum atomic E-state index is 0.334. The molecule has 1 aromatic carbocycles. The standard InChI is InChI=1S/C18H31NO2/c1-15(2)19-14-16-6-8-17(9-7-16)21-13-12-20-11-10-18(3,4)5/h6-9,15,19H,10-14H2,1-5H3. The van der Waals surface area contributed by atoms with Crippen LogP contribution >= 0.6 is 0 Å². The van der Waals surface area contributed by atoms with Crippen LogP contribution in [0.2, 0.25) is 0 Å². The van der Waals surface area contributed by atoms with Gasteiger partial charge in [-0.05, 0) is 29.5 Å². The van der Waals surface area contributed by atoms with Crippen LogP contribution in [-0.4, -0.2) is 25.9 Å². The molecule has 0 bridgehead atoms. The van der Waals surface area contributed by atoms with Gasteiger partial charge in [0.1, 0.15) is 12.4 Å². The molecule has 0 aliphatic heterocycles. The van der Waals surface area contributed by atoms with Gasteiger partial charge in [0.25, 0.3) is 0 Å². The highest BCUT2D eigenvalue weighted by Crippen LogP contribution is 2.17. The van der Waals surface area contributed by atoms with E-state index in [1.165, 1.54) is 5.56 Å². The van der Waals surface area contributed by atoms with Gasteiger partial charge in [-0.3, -0.25) is 0 Å². The molecule has 120 valence electrons. The van der Waals surface area contributed by atoms with Crippen molar-refractivity contribution in [1.29, 1.82) is 0 Å². The van der Waals surface area contributed by atoms with Crippen LogP contribution in [0.15, 0.2) is 24.3 Å². The largest absolute Gasteiger partial charge is 0.491 e. The van der Waals surface area contributed by atoms with Gasteiger partial charge in [-0.15, -0.1) is 0 Å². The lowest BCUT2D eigenvalue weighted by Crippen LogP contribution is -2.21. The van der Waals surface area contributed by atoms with Gasteiger partial charge in [-0.25, -0.2) is 0 Å². The molecule has 1 aromatic rings. The summed E-state index contributed by atoms with van der Waals surface area (Å²) in [7, 11) is 0. The number of benzene rings is 1. The van der Waals surface area contributed by atoms with Gasteiger partial charge in [0.2, 0.25) is 0 Å². The van der Waals surface area contributed by atoms with Gasteiger partial charge in [-0.1, -0.05) is 46.8 Å². The normalized spacial score (nSPS) is 11.9. The second-order valence-corrected chi connectivity index (χ2v) is 6.95. The Morgan fingerprint density at radius 3 is 2.24 bits per heavy atom. The van der Waals surface area contributed by atoms with Crippen molar-refractivity contribution in [3.63, 3.8) is 0 Å². The molecule has 3 nitrogen and oxygen atoms in total. The van der Waals surface area contributed by atoms with E-state index in [1.54, 1.807) is 0 Å². The Balaban J connectivity index is 2.15. The lowest BCUT2D eigenvalue weighted by atomic mass is 9.93. The predicted molar refractivity (Wildman–Crippen MR) is 88.8 cm³/mol. The summed E-state index contributed by atoms with van der Waals surface area (Å²) in [5, 5.41) is 3.40. The van der Waals surface area contributed by atoms with E-state index in [9.17, 15) is 0 Å². The van der Waals surface area contributed by atoms with Crippen molar-refractivity contribution < 1.29 is 9.47 Å². The van der Waals surface area contributed by atoms with E-state index in [2.05, 4.69) is 52.1 Å². The highest BCUT2D eigenvalue weighted by atomic mass is 16.5. The molecular formula is C18H31NO2. The Morgan fingerprint density at radius 1 is 1.00 bits per heavy atom. The van der Waals surface area contributed by atoms with Crippen molar-refractivity contribution in [2.24, 2.45) is 5.41 Å². The molecule has 1 N–H and O–H groups in total. The van der Waals surface area contributed by atoms with E-state index in [1.807, 2.05) is 12.1 Å². The molecule has 0 fully saturated rings. The molecule has 0 heterocycles. The van der Waals surface area contributed by atoms with Crippen LogP contribution in [0.4, 0.5) is 0 Å². The first-order chi connectivity index (χ1) is 9.87. The maximum Gasteiger partial charge on any atom is 0.119 e. The van der Waals surface area contributed by atoms with E-state index in [4.69, 9.17) is 9.47 Å². The first kappa shape index (κ1) is 18.0. The van der Waals surface area contributed by atoms with E-state index in [0.717, 1.165) is 25.3 Å². The van der Waals surface area contributed by atoms with Crippen LogP contribution in [0.1, 0.15) is 46.6 Å². The first-order valence-corrected chi connectivity index (χ1v) is 7.90. The molecule has 3 heteroatoms. The SMILES string of the molecule is CC(C)NCc1ccc(OCCOCCC(C)(C)C)cc1. The number of nitrogens with one attached hydrogen (secondary N) is 1. The Labute approximate surface area is 130 Å². The van der Waals surface area contributed by atoms with Crippen molar-refractivity contribution in [3.8, 4) is 5.75 Å². The number of ether oxygens (including phenoxy) is 2. The highest BCUT2D eigenvalue weighted by molar-refractivity contribution is 5.27. The van der Waals surface area contributed by atoms with Gasteiger partial charge < -0.3 is 14.8 Å². The van der Waals surface area contributed by atoms with Gasteiger partial charge in [0.05, 0.1) is 6.61 Å². The average molecular weight is 293 g/mol. The van der Waals surface area contributed by atoms with Crippen molar-refractivity contribution >= 4 is 0 Å². The van der Waals surface area contributed by atoms with Gasteiger partial charge >= 0.3 is 0 Å². The Kier molecular flexibility index (Phi) is 7.76. The van der Waals surface area contributed by atoms with Crippen LogP contribution in [-0.2, 0) is 11.3 Å². The molecule has 0 aromatic heterocycles. The van der Waals surface area contributed by atoms with Crippen molar-refractivity contribution in [2.75, 3.05) is 19.8 Å². The summed E-state index contributed by atoms with van der Waals surface area (Å²) in [5.74, 6) is 0.905. The lowest BCUT2D eigenvalue weighted by Gasteiger charge is -2.17. The maximum atomic E-state index is 5.67. The summed E-state index contributed by atoms with van der Waals surface area (Å²) in [6.07, 6.45) is 1.07. The molecule has 0 radical (unpaired) electrons. The summed E-state index contributed by atoms with van der Waals surface area (Å²) in [4.78, 5) is 0. The monoisotopic (exact) mass is 293 g/mol. The third kappa shape index (κ3) is 9.48. The molecule has 0 unspecified atom stereocenters. The summed E-state index contributed by atoms with van der Waals surface area (Å²) in [6.45, 7) is 13.9. The fraction of sp³-hybridized carbons (Fsp3) is 0.667. The molecule has 0 atom stereocenters. The summed E-state index contributed by atoms with van der Waals surface area (Å²) in [6, 6.07) is 8.75. The number of rotatable bonds is 9. The van der Waals surface area contributed by atoms with Crippen LogP contribution in [0.25, 0.3) is 0 Å². The quantitative estimate of drug-likeness (QED) is 0.698. The topological polar surface area (TPSA) is 30.5 Å². The third-order valence-corrected chi connectivity index (χ3v) is 3.13. The third-order valence-electron chi connectivity index (χ3n) is 3.13. The van der Waals surface area contributed by atoms with E-state index < -0.39 is 0 Å². The van der Waals surface area contributed by atoms with E-state index in [0.29, 0.717) is 24.7 Å². The van der Waals surface area contributed by atoms with E-state index >= 15 is 0 Å². The van der Waals surface area contributed by atoms with Crippen LogP contribution < -0.4 is 10.1 Å². The first-order valence-electron chi connectivity index (χ1n) is 7.90. The molecule has 0 saturated carbocycles. The Bertz CT molecular complexity index is 379. The van der Waals surface area contributed by atoms with Gasteiger partial charge in [0, 0.05) is 19.2 Å². The summed E-state index contributed by atoms with van der Waals surface area (Å²) < 4.78 is 11.3. The van der Waals surface area contributed by atoms with Crippen molar-refractivity contribution in [3.05, 3.63) is 29.8 Å². The van der Waals surface area contributed by atoms with Crippen molar-refractivity contribution in [2.45, 2.75) is 53.6 Å². The zero-order chi connectivity index (χ0) is 15.7. The zero-order valence-corrected chi connectivity index (χ0v) is 14.2. The lowest BCUT2D eigenvalue weighted by molar-refractivity contribution is 0.0818. The summed E-state index contributed by atoms with van der Waals surface area (Å²) >= 11 is 0. The smallest absolute Gasteiger partial charge is 0.119 e. The van der Waals surface area contributed by atoms with Gasteiger partial charge in [-0.2, -0.15) is 0 Å². The molecule has 1 rings (SSSR count). The van der Waals surface area contributed by atoms with Crippen LogP contribution in [0.3, 0.4) is 0 Å². The Hall–Kier alpha value is -1.06. The molecule has 0 amide bonds. The molecule has 0 saturated heterocycles. The molecule has 0 aliphatic rings. The fourth-order valence-corrected chi connectivity index (χ4v) is 1.72. The minimum absolute atomic E-state index is 0.334. The Morgan fingerprint density at radius 2 is 1.67 bits per heavy atom. The molecule has 0 aliphatic carbocycles. The molecule has 0 spiro atoms. The second-order valence-electron chi connectivity index (χ2n) is 6.95. The highest BCUT2D eigenvalue weighted by Gasteiger charge is 2.09. The van der Waals surface area contributed by atoms with E-state index in [-0.39, 0.29) is 0 Å². The summed E-state index contributed by atoms with van der Waals surface area (Å²) in [5.41, 5.74) is 1.61. The molecular weight excluding hydrogens is 262 g/mol. The van der Waals surface area contributed by atoms with Gasteiger partial charge in [0.15, 0.2) is 0 Å². The van der Waals surface area contributed by atoms with Crippen molar-refractivity contribution in [1.82, 2.24) is 5.32 Å². The minimum Gasteiger partial charge on any atom is -0.491 e. The fourth-order valence-electron chi connectivity index (χ4n) is 1.72. The number of hydrogen-bond donors (Lipinski definition) is 1. The zero-order valence-electron chi connectivity index (χ0n) is 14.2. The second kappa shape index (κ2) is 9.06.